The van der Waals surface area contributed by atoms with Gasteiger partial charge in [-0.3, -0.25) is 9.79 Å². The molecule has 0 saturated heterocycles. The van der Waals surface area contributed by atoms with Crippen molar-refractivity contribution in [1.82, 2.24) is 24.5 Å². The van der Waals surface area contributed by atoms with E-state index in [9.17, 15) is 9.18 Å². The molecule has 38 heavy (non-hydrogen) atoms. The zero-order chi connectivity index (χ0) is 26.1. The molecule has 2 aliphatic heterocycles. The third-order valence-corrected chi connectivity index (χ3v) is 7.79. The van der Waals surface area contributed by atoms with Gasteiger partial charge in [-0.1, -0.05) is 16.8 Å². The van der Waals surface area contributed by atoms with E-state index in [1.54, 1.807) is 49.5 Å². The van der Waals surface area contributed by atoms with Crippen LogP contribution < -0.4 is 5.56 Å². The first-order valence-corrected chi connectivity index (χ1v) is 12.6. The highest BCUT2D eigenvalue weighted by molar-refractivity contribution is 6.31. The van der Waals surface area contributed by atoms with Crippen molar-refractivity contribution in [3.63, 3.8) is 0 Å². The van der Waals surface area contributed by atoms with Gasteiger partial charge in [-0.25, -0.2) is 9.67 Å². The van der Waals surface area contributed by atoms with Crippen molar-refractivity contribution >= 4 is 22.9 Å². The molecule has 186 valence electrons. The third kappa shape index (κ3) is 3.52. The van der Waals surface area contributed by atoms with Crippen molar-refractivity contribution in [2.45, 2.75) is 31.7 Å². The van der Waals surface area contributed by atoms with Crippen molar-refractivity contribution in [2.24, 2.45) is 10.9 Å². The van der Waals surface area contributed by atoms with Crippen molar-refractivity contribution in [1.29, 1.82) is 5.26 Å². The van der Waals surface area contributed by atoms with Gasteiger partial charge >= 0.3 is 0 Å². The summed E-state index contributed by atoms with van der Waals surface area (Å²) in [5.41, 5.74) is 5.84. The lowest BCUT2D eigenvalue weighted by Gasteiger charge is -2.20. The van der Waals surface area contributed by atoms with E-state index < -0.39 is 5.95 Å². The van der Waals surface area contributed by atoms with E-state index in [-0.39, 0.29) is 29.1 Å². The van der Waals surface area contributed by atoms with Crippen LogP contribution in [0.4, 0.5) is 4.39 Å². The lowest BCUT2D eigenvalue weighted by molar-refractivity contribution is 0.574. The number of nitrogens with zero attached hydrogens (tertiary/aromatic N) is 7. The minimum Gasteiger partial charge on any atom is -0.303 e. The van der Waals surface area contributed by atoms with E-state index >= 15 is 0 Å². The Labute approximate surface area is 221 Å². The van der Waals surface area contributed by atoms with E-state index in [2.05, 4.69) is 20.3 Å². The van der Waals surface area contributed by atoms with Crippen LogP contribution in [0.25, 0.3) is 22.4 Å². The second-order valence-corrected chi connectivity index (χ2v) is 10.3. The summed E-state index contributed by atoms with van der Waals surface area (Å²) >= 11 is 6.34. The van der Waals surface area contributed by atoms with E-state index in [1.165, 1.54) is 10.9 Å². The maximum absolute atomic E-state index is 14.5. The topological polar surface area (TPSA) is 102 Å². The number of halogens is 2. The Morgan fingerprint density at radius 2 is 2.03 bits per heavy atom. The first-order chi connectivity index (χ1) is 18.4. The molecule has 0 spiro atoms. The van der Waals surface area contributed by atoms with Crippen LogP contribution in [0, 0.1) is 30.1 Å². The van der Waals surface area contributed by atoms with Crippen LogP contribution in [0.1, 0.15) is 47.4 Å². The van der Waals surface area contributed by atoms with Gasteiger partial charge in [-0.2, -0.15) is 9.65 Å². The molecule has 0 bridgehead atoms. The second kappa shape index (κ2) is 8.30. The Balaban J connectivity index is 1.25. The summed E-state index contributed by atoms with van der Waals surface area (Å²) in [6.07, 6.45) is 4.69. The van der Waals surface area contributed by atoms with Crippen LogP contribution in [0.15, 0.2) is 64.6 Å². The predicted molar refractivity (Wildman–Crippen MR) is 140 cm³/mol. The quantitative estimate of drug-likeness (QED) is 0.350. The normalized spacial score (nSPS) is 20.9. The largest absolute Gasteiger partial charge is 0.303 e. The smallest absolute Gasteiger partial charge is 0.251 e. The summed E-state index contributed by atoms with van der Waals surface area (Å²) in [4.78, 5) is 22.2. The predicted octanol–water partition coefficient (Wildman–Crippen LogP) is 5.01. The van der Waals surface area contributed by atoms with Gasteiger partial charge in [0.2, 0.25) is 5.95 Å². The van der Waals surface area contributed by atoms with Gasteiger partial charge in [0.05, 0.1) is 17.9 Å². The van der Waals surface area contributed by atoms with Crippen LogP contribution in [-0.2, 0) is 0 Å². The summed E-state index contributed by atoms with van der Waals surface area (Å²) in [5, 5.41) is 17.6. The first-order valence-electron chi connectivity index (χ1n) is 12.2. The average molecular weight is 524 g/mol. The minimum absolute atomic E-state index is 0.128. The fourth-order valence-electron chi connectivity index (χ4n) is 5.76. The molecular formula is C28H19ClFN7O. The number of pyridine rings is 2. The number of aromatic nitrogens is 5. The van der Waals surface area contributed by atoms with E-state index in [1.807, 2.05) is 16.7 Å². The number of benzene rings is 1. The molecule has 3 aliphatic rings. The van der Waals surface area contributed by atoms with Gasteiger partial charge in [0.25, 0.3) is 5.56 Å². The highest BCUT2D eigenvalue weighted by Gasteiger charge is 2.54. The molecule has 0 amide bonds. The Bertz CT molecular complexity index is 1830. The number of hydrogen-bond donors (Lipinski definition) is 0. The molecule has 5 heterocycles. The first kappa shape index (κ1) is 22.8. The Kier molecular flexibility index (Phi) is 4.97. The number of nitriles is 1. The summed E-state index contributed by atoms with van der Waals surface area (Å²) in [6.45, 7) is 1.75. The van der Waals surface area contributed by atoms with Crippen LogP contribution in [-0.4, -0.2) is 30.3 Å². The summed E-state index contributed by atoms with van der Waals surface area (Å²) in [6, 6.07) is 14.3. The fraction of sp³-hybridized carbons (Fsp3) is 0.214. The second-order valence-electron chi connectivity index (χ2n) is 9.89. The third-order valence-electron chi connectivity index (χ3n) is 7.56. The van der Waals surface area contributed by atoms with Crippen LogP contribution >= 0.6 is 11.6 Å². The number of hydrogen-bond acceptors (Lipinski definition) is 6. The van der Waals surface area contributed by atoms with Gasteiger partial charge in [0, 0.05) is 57.9 Å². The van der Waals surface area contributed by atoms with E-state index in [0.29, 0.717) is 28.4 Å². The maximum Gasteiger partial charge on any atom is 0.251 e. The van der Waals surface area contributed by atoms with Crippen molar-refractivity contribution in [2.75, 3.05) is 0 Å². The molecule has 0 N–H and O–H groups in total. The molecular weight excluding hydrogens is 505 g/mol. The molecule has 3 unspecified atom stereocenters. The van der Waals surface area contributed by atoms with Gasteiger partial charge in [-0.05, 0) is 66.8 Å². The Morgan fingerprint density at radius 3 is 2.82 bits per heavy atom. The summed E-state index contributed by atoms with van der Waals surface area (Å²) < 4.78 is 17.9. The lowest BCUT2D eigenvalue weighted by Crippen LogP contribution is -2.29. The number of rotatable bonds is 4. The summed E-state index contributed by atoms with van der Waals surface area (Å²) in [7, 11) is 0. The standard InChI is InChI=1S/C28H19ClFN7O/c1-14-2-4-19(28(30)33-14)16-6-23(32-12-16)27-22-10-21(22)25-7-15(8-26(38)37(25)27)20-9-17(29)3-5-24(20)36-13-18(11-31)34-35-36/h2-5,7-9,12-13,21-22,27H,6,10H2,1H3. The molecule has 8 nitrogen and oxygen atoms in total. The van der Waals surface area contributed by atoms with Gasteiger partial charge in [-0.15, -0.1) is 5.10 Å². The molecule has 0 radical (unpaired) electrons. The SMILES string of the molecule is Cc1ccc(C2=CN=C(C3C4CC4c4cc(-c5cc(Cl)ccc5-n5cc(C#N)nn5)cc(=O)n43)C2)c(F)n1. The molecule has 3 aromatic heterocycles. The molecule has 1 fully saturated rings. The van der Waals surface area contributed by atoms with Gasteiger partial charge in [0.1, 0.15) is 6.07 Å². The highest BCUT2D eigenvalue weighted by atomic mass is 35.5. The number of aliphatic imine (C=N–C) groups is 1. The van der Waals surface area contributed by atoms with Crippen molar-refractivity contribution in [3.8, 4) is 22.9 Å². The number of aryl methyl sites for hydroxylation is 1. The highest BCUT2D eigenvalue weighted by Crippen LogP contribution is 2.60. The molecule has 1 aliphatic carbocycles. The Morgan fingerprint density at radius 1 is 1.16 bits per heavy atom. The van der Waals surface area contributed by atoms with Crippen molar-refractivity contribution in [3.05, 3.63) is 98.8 Å². The van der Waals surface area contributed by atoms with Crippen LogP contribution in [0.3, 0.4) is 0 Å². The molecule has 3 atom stereocenters. The zero-order valence-corrected chi connectivity index (χ0v) is 20.9. The average Bonchev–Trinajstić information content (AvgIpc) is 3.21. The van der Waals surface area contributed by atoms with Gasteiger partial charge in [0.15, 0.2) is 5.69 Å². The molecule has 10 heteroatoms. The lowest BCUT2D eigenvalue weighted by atomic mass is 9.98. The van der Waals surface area contributed by atoms with E-state index in [4.69, 9.17) is 16.9 Å². The zero-order valence-electron chi connectivity index (χ0n) is 20.1. The molecule has 7 rings (SSSR count). The van der Waals surface area contributed by atoms with Crippen LogP contribution in [0.5, 0.6) is 0 Å². The van der Waals surface area contributed by atoms with Gasteiger partial charge < -0.3 is 4.57 Å². The maximum atomic E-state index is 14.5. The summed E-state index contributed by atoms with van der Waals surface area (Å²) in [5.74, 6) is 0.0476. The molecule has 1 aromatic carbocycles. The Hall–Kier alpha value is -4.42. The molecule has 1 saturated carbocycles. The number of allylic oxidation sites excluding steroid dienone is 1. The minimum atomic E-state index is -0.503. The van der Waals surface area contributed by atoms with E-state index in [0.717, 1.165) is 34.5 Å². The number of fused-ring (bicyclic) bond motifs is 3. The fourth-order valence-corrected chi connectivity index (χ4v) is 5.93. The van der Waals surface area contributed by atoms with Crippen LogP contribution in [0.2, 0.25) is 5.02 Å². The van der Waals surface area contributed by atoms with Crippen molar-refractivity contribution < 1.29 is 4.39 Å². The molecule has 4 aromatic rings. The monoisotopic (exact) mass is 523 g/mol.